The number of nitriles is 1. The lowest BCUT2D eigenvalue weighted by Crippen LogP contribution is -1.94. The summed E-state index contributed by atoms with van der Waals surface area (Å²) in [6, 6.07) is 46.0. The van der Waals surface area contributed by atoms with E-state index in [2.05, 4.69) is 106 Å². The minimum atomic E-state index is 0.649. The van der Waals surface area contributed by atoms with Crippen molar-refractivity contribution < 1.29 is 8.83 Å². The van der Waals surface area contributed by atoms with Gasteiger partial charge in [-0.3, -0.25) is 4.98 Å². The van der Waals surface area contributed by atoms with Crippen LogP contribution in [0.1, 0.15) is 5.56 Å². The van der Waals surface area contributed by atoms with Crippen molar-refractivity contribution in [1.82, 2.24) is 14.1 Å². The predicted octanol–water partition coefficient (Wildman–Crippen LogP) is 10.9. The van der Waals surface area contributed by atoms with Gasteiger partial charge in [0, 0.05) is 49.9 Å². The minimum Gasteiger partial charge on any atom is -0.456 e. The second-order valence-electron chi connectivity index (χ2n) is 12.3. The van der Waals surface area contributed by atoms with Gasteiger partial charge in [-0.25, -0.2) is 0 Å². The van der Waals surface area contributed by atoms with E-state index in [1.807, 2.05) is 42.6 Å². The molecule has 0 unspecified atom stereocenters. The quantitative estimate of drug-likeness (QED) is 0.194. The molecule has 5 aromatic heterocycles. The van der Waals surface area contributed by atoms with E-state index in [9.17, 15) is 5.26 Å². The molecule has 6 aromatic carbocycles. The van der Waals surface area contributed by atoms with Crippen LogP contribution in [0, 0.1) is 11.3 Å². The summed E-state index contributed by atoms with van der Waals surface area (Å²) >= 11 is 0. The molecule has 0 N–H and O–H groups in total. The number of aromatic nitrogens is 3. The minimum absolute atomic E-state index is 0.649. The molecule has 48 heavy (non-hydrogen) atoms. The van der Waals surface area contributed by atoms with Crippen molar-refractivity contribution in [2.45, 2.75) is 0 Å². The van der Waals surface area contributed by atoms with Crippen LogP contribution < -0.4 is 0 Å². The van der Waals surface area contributed by atoms with Gasteiger partial charge in [-0.2, -0.15) is 5.26 Å². The standard InChI is InChI=1S/C42H22N4O2/c43-23-24-11-15-35-30(20-24)28-7-2-3-8-33(28)45(35)25-12-16-36-31(21-25)32-22-26(13-17-37(32)47-36)46-34-9-4-1-6-27(34)29-14-18-38-40(42(29)46)41-39(48-38)10-5-19-44-41/h1-22H. The highest BCUT2D eigenvalue weighted by Crippen LogP contribution is 2.42. The van der Waals surface area contributed by atoms with Gasteiger partial charge in [-0.05, 0) is 91.0 Å². The SMILES string of the molecule is N#Cc1ccc2c(c1)c1ccccc1n2-c1ccc2oc3ccc(-n4c5ccccc5c5ccc6oc7cccnc7c6c54)cc3c2c1. The lowest BCUT2D eigenvalue weighted by Gasteiger charge is -2.09. The number of rotatable bonds is 2. The highest BCUT2D eigenvalue weighted by atomic mass is 16.3. The number of hydrogen-bond donors (Lipinski definition) is 0. The molecule has 0 fully saturated rings. The van der Waals surface area contributed by atoms with Gasteiger partial charge in [0.15, 0.2) is 5.58 Å². The molecule has 222 valence electrons. The van der Waals surface area contributed by atoms with Crippen LogP contribution in [0.3, 0.4) is 0 Å². The van der Waals surface area contributed by atoms with E-state index in [4.69, 9.17) is 13.8 Å². The van der Waals surface area contributed by atoms with E-state index in [0.29, 0.717) is 5.56 Å². The average molecular weight is 615 g/mol. The highest BCUT2D eigenvalue weighted by Gasteiger charge is 2.21. The van der Waals surface area contributed by atoms with Gasteiger partial charge < -0.3 is 18.0 Å². The molecule has 6 heteroatoms. The lowest BCUT2D eigenvalue weighted by atomic mass is 10.1. The van der Waals surface area contributed by atoms with Crippen LogP contribution in [0.15, 0.2) is 142 Å². The molecule has 6 nitrogen and oxygen atoms in total. The van der Waals surface area contributed by atoms with Crippen molar-refractivity contribution in [2.24, 2.45) is 0 Å². The lowest BCUT2D eigenvalue weighted by molar-refractivity contribution is 0.668. The van der Waals surface area contributed by atoms with E-state index in [1.54, 1.807) is 0 Å². The van der Waals surface area contributed by atoms with Crippen LogP contribution in [0.5, 0.6) is 0 Å². The Balaban J connectivity index is 1.20. The Bertz CT molecular complexity index is 3200. The third-order valence-corrected chi connectivity index (χ3v) is 9.78. The van der Waals surface area contributed by atoms with Crippen LogP contribution in [0.4, 0.5) is 0 Å². The molecule has 0 aliphatic rings. The van der Waals surface area contributed by atoms with Crippen LogP contribution in [0.25, 0.3) is 99.0 Å². The molecule has 0 radical (unpaired) electrons. The van der Waals surface area contributed by atoms with Crippen molar-refractivity contribution >= 4 is 87.6 Å². The molecule has 0 bridgehead atoms. The molecule has 0 aliphatic heterocycles. The van der Waals surface area contributed by atoms with Crippen LogP contribution >= 0.6 is 0 Å². The first-order chi connectivity index (χ1) is 23.7. The number of furan rings is 2. The Morgan fingerprint density at radius 2 is 1.15 bits per heavy atom. The third kappa shape index (κ3) is 3.26. The molecule has 0 saturated heterocycles. The first-order valence-corrected chi connectivity index (χ1v) is 15.8. The molecule has 0 spiro atoms. The van der Waals surface area contributed by atoms with E-state index in [-0.39, 0.29) is 0 Å². The number of nitrogens with zero attached hydrogens (tertiary/aromatic N) is 4. The smallest absolute Gasteiger partial charge is 0.153 e. The van der Waals surface area contributed by atoms with E-state index < -0.39 is 0 Å². The Kier molecular flexibility index (Phi) is 4.82. The monoisotopic (exact) mass is 614 g/mol. The maximum absolute atomic E-state index is 9.61. The molecule has 0 amide bonds. The molecule has 11 aromatic rings. The zero-order valence-corrected chi connectivity index (χ0v) is 25.3. The van der Waals surface area contributed by atoms with Gasteiger partial charge >= 0.3 is 0 Å². The van der Waals surface area contributed by atoms with E-state index >= 15 is 0 Å². The topological polar surface area (TPSA) is 72.8 Å². The molecule has 0 aliphatic carbocycles. The summed E-state index contributed by atoms with van der Waals surface area (Å²) in [5.74, 6) is 0. The fraction of sp³-hybridized carbons (Fsp3) is 0. The van der Waals surface area contributed by atoms with Gasteiger partial charge in [0.25, 0.3) is 0 Å². The summed E-state index contributed by atoms with van der Waals surface area (Å²) < 4.78 is 17.3. The maximum Gasteiger partial charge on any atom is 0.153 e. The summed E-state index contributed by atoms with van der Waals surface area (Å²) in [4.78, 5) is 4.75. The van der Waals surface area contributed by atoms with Gasteiger partial charge in [0.2, 0.25) is 0 Å². The molecule has 0 atom stereocenters. The number of para-hydroxylation sites is 2. The molecular weight excluding hydrogens is 592 g/mol. The fourth-order valence-electron chi connectivity index (χ4n) is 7.75. The first-order valence-electron chi connectivity index (χ1n) is 15.8. The summed E-state index contributed by atoms with van der Waals surface area (Å²) in [6.07, 6.45) is 1.82. The molecule has 5 heterocycles. The zero-order valence-electron chi connectivity index (χ0n) is 25.3. The van der Waals surface area contributed by atoms with Crippen LogP contribution in [-0.2, 0) is 0 Å². The van der Waals surface area contributed by atoms with Crippen molar-refractivity contribution in [1.29, 1.82) is 5.26 Å². The van der Waals surface area contributed by atoms with Crippen molar-refractivity contribution in [3.05, 3.63) is 139 Å². The van der Waals surface area contributed by atoms with Crippen molar-refractivity contribution in [3.8, 4) is 17.4 Å². The number of hydrogen-bond acceptors (Lipinski definition) is 4. The normalized spacial score (nSPS) is 12.1. The van der Waals surface area contributed by atoms with Crippen LogP contribution in [0.2, 0.25) is 0 Å². The molecule has 0 saturated carbocycles. The number of pyridine rings is 1. The highest BCUT2D eigenvalue weighted by molar-refractivity contribution is 6.24. The number of fused-ring (bicyclic) bond motifs is 13. The van der Waals surface area contributed by atoms with E-state index in [0.717, 1.165) is 93.6 Å². The fourth-order valence-corrected chi connectivity index (χ4v) is 7.75. The van der Waals surface area contributed by atoms with Gasteiger partial charge in [-0.15, -0.1) is 0 Å². The van der Waals surface area contributed by atoms with Crippen molar-refractivity contribution in [2.75, 3.05) is 0 Å². The Morgan fingerprint density at radius 3 is 1.92 bits per heavy atom. The zero-order chi connectivity index (χ0) is 31.5. The first kappa shape index (κ1) is 25.4. The van der Waals surface area contributed by atoms with E-state index in [1.165, 1.54) is 5.39 Å². The summed E-state index contributed by atoms with van der Waals surface area (Å²) in [5.41, 5.74) is 11.1. The Labute approximate surface area is 271 Å². The van der Waals surface area contributed by atoms with Gasteiger partial charge in [0.1, 0.15) is 22.3 Å². The second kappa shape index (κ2) is 9.12. The summed E-state index contributed by atoms with van der Waals surface area (Å²) in [5, 5.41) is 17.2. The Hall–Kier alpha value is -6.84. The van der Waals surface area contributed by atoms with Crippen molar-refractivity contribution in [3.63, 3.8) is 0 Å². The molecular formula is C42H22N4O2. The largest absolute Gasteiger partial charge is 0.456 e. The predicted molar refractivity (Wildman–Crippen MR) is 192 cm³/mol. The molecule has 11 rings (SSSR count). The Morgan fingerprint density at radius 1 is 0.500 bits per heavy atom. The number of benzene rings is 6. The third-order valence-electron chi connectivity index (χ3n) is 9.78. The van der Waals surface area contributed by atoms with Crippen LogP contribution in [-0.4, -0.2) is 14.1 Å². The summed E-state index contributed by atoms with van der Waals surface area (Å²) in [7, 11) is 0. The summed E-state index contributed by atoms with van der Waals surface area (Å²) in [6.45, 7) is 0. The average Bonchev–Trinajstić information content (AvgIpc) is 3.88. The second-order valence-corrected chi connectivity index (χ2v) is 12.3. The van der Waals surface area contributed by atoms with Gasteiger partial charge in [-0.1, -0.05) is 36.4 Å². The van der Waals surface area contributed by atoms with Gasteiger partial charge in [0.05, 0.1) is 39.1 Å². The maximum atomic E-state index is 9.61.